The van der Waals surface area contributed by atoms with Gasteiger partial charge in [-0.05, 0) is 24.3 Å². The van der Waals surface area contributed by atoms with Gasteiger partial charge in [-0.1, -0.05) is 11.2 Å². The molecule has 0 saturated heterocycles. The summed E-state index contributed by atoms with van der Waals surface area (Å²) in [4.78, 5) is 6.11. The van der Waals surface area contributed by atoms with E-state index in [1.807, 2.05) is 42.3 Å². The highest BCUT2D eigenvalue weighted by Crippen LogP contribution is 2.26. The first-order chi connectivity index (χ1) is 9.65. The summed E-state index contributed by atoms with van der Waals surface area (Å²) in [5.41, 5.74) is 7.76. The van der Waals surface area contributed by atoms with E-state index in [1.165, 1.54) is 0 Å². The molecule has 1 aromatic heterocycles. The number of hydrogen-bond acceptors (Lipinski definition) is 5. The van der Waals surface area contributed by atoms with Gasteiger partial charge in [-0.15, -0.1) is 0 Å². The van der Waals surface area contributed by atoms with E-state index in [0.717, 1.165) is 17.1 Å². The van der Waals surface area contributed by atoms with Crippen molar-refractivity contribution in [2.75, 3.05) is 19.1 Å². The predicted octanol–water partition coefficient (Wildman–Crippen LogP) is 1.95. The Morgan fingerprint density at radius 1 is 1.30 bits per heavy atom. The smallest absolute Gasteiger partial charge is 0.188 e. The molecule has 0 spiro atoms. The number of nitrogens with two attached hydrogens (primary N) is 1. The molecule has 0 amide bonds. The van der Waals surface area contributed by atoms with E-state index in [0.29, 0.717) is 5.69 Å². The number of ether oxygens (including phenoxy) is 1. The molecule has 1 heterocycles. The first kappa shape index (κ1) is 13.7. The average molecular weight is 272 g/mol. The van der Waals surface area contributed by atoms with Crippen molar-refractivity contribution in [3.63, 3.8) is 0 Å². The number of methoxy groups -OCH3 is 1. The van der Waals surface area contributed by atoms with Crippen molar-refractivity contribution in [1.29, 1.82) is 0 Å². The van der Waals surface area contributed by atoms with E-state index >= 15 is 0 Å². The van der Waals surface area contributed by atoms with Crippen molar-refractivity contribution in [2.45, 2.75) is 0 Å². The van der Waals surface area contributed by atoms with Gasteiger partial charge in [0.15, 0.2) is 5.84 Å². The van der Waals surface area contributed by atoms with Gasteiger partial charge in [0.1, 0.15) is 11.4 Å². The second kappa shape index (κ2) is 5.92. The molecule has 2 rings (SSSR count). The number of anilines is 2. The molecule has 2 aromatic rings. The van der Waals surface area contributed by atoms with Crippen molar-refractivity contribution >= 4 is 17.2 Å². The van der Waals surface area contributed by atoms with E-state index in [9.17, 15) is 0 Å². The Kier molecular flexibility index (Phi) is 4.05. The molecule has 0 fully saturated rings. The third-order valence-corrected chi connectivity index (χ3v) is 2.95. The second-order valence-corrected chi connectivity index (χ2v) is 4.15. The highest BCUT2D eigenvalue weighted by atomic mass is 16.5. The molecule has 0 atom stereocenters. The first-order valence-electron chi connectivity index (χ1n) is 5.97. The molecule has 0 saturated carbocycles. The van der Waals surface area contributed by atoms with Crippen LogP contribution in [0.1, 0.15) is 5.69 Å². The lowest BCUT2D eigenvalue weighted by atomic mass is 10.2. The maximum Gasteiger partial charge on any atom is 0.188 e. The van der Waals surface area contributed by atoms with Crippen molar-refractivity contribution in [1.82, 2.24) is 4.98 Å². The van der Waals surface area contributed by atoms with E-state index in [2.05, 4.69) is 10.1 Å². The fraction of sp³-hybridized carbons (Fsp3) is 0.143. The van der Waals surface area contributed by atoms with Crippen molar-refractivity contribution in [3.8, 4) is 5.75 Å². The number of benzene rings is 1. The first-order valence-corrected chi connectivity index (χ1v) is 5.97. The molecule has 0 aliphatic rings. The zero-order chi connectivity index (χ0) is 14.5. The van der Waals surface area contributed by atoms with Crippen LogP contribution in [0.3, 0.4) is 0 Å². The maximum absolute atomic E-state index is 8.60. The van der Waals surface area contributed by atoms with Gasteiger partial charge in [0, 0.05) is 18.8 Å². The molecule has 0 aliphatic carbocycles. The van der Waals surface area contributed by atoms with Gasteiger partial charge in [-0.25, -0.2) is 0 Å². The average Bonchev–Trinajstić information content (AvgIpc) is 2.53. The summed E-state index contributed by atoms with van der Waals surface area (Å²) in [6.45, 7) is 0. The fourth-order valence-electron chi connectivity index (χ4n) is 1.76. The van der Waals surface area contributed by atoms with Crippen LogP contribution < -0.4 is 15.4 Å². The molecular formula is C14H16N4O2. The quantitative estimate of drug-likeness (QED) is 0.384. The van der Waals surface area contributed by atoms with Crippen LogP contribution in [0.2, 0.25) is 0 Å². The van der Waals surface area contributed by atoms with Crippen LogP contribution in [0, 0.1) is 0 Å². The normalized spacial score (nSPS) is 11.2. The van der Waals surface area contributed by atoms with E-state index in [1.54, 1.807) is 19.4 Å². The lowest BCUT2D eigenvalue weighted by Crippen LogP contribution is -2.16. The van der Waals surface area contributed by atoms with Gasteiger partial charge in [0.25, 0.3) is 0 Å². The Morgan fingerprint density at radius 2 is 2.10 bits per heavy atom. The van der Waals surface area contributed by atoms with Gasteiger partial charge in [0.2, 0.25) is 0 Å². The molecular weight excluding hydrogens is 256 g/mol. The van der Waals surface area contributed by atoms with Gasteiger partial charge < -0.3 is 20.6 Å². The number of amidine groups is 1. The summed E-state index contributed by atoms with van der Waals surface area (Å²) in [7, 11) is 3.56. The standard InChI is InChI=1S/C14H16N4O2/c1-18(10-4-3-5-12(8-10)20-2)11-6-7-13(16-9-11)14(15)17-19/h3-9,19H,1-2H3,(H2,15,17). The summed E-state index contributed by atoms with van der Waals surface area (Å²) in [6, 6.07) is 11.2. The van der Waals surface area contributed by atoms with Crippen molar-refractivity contribution in [2.24, 2.45) is 10.9 Å². The molecule has 20 heavy (non-hydrogen) atoms. The zero-order valence-corrected chi connectivity index (χ0v) is 11.3. The fourth-order valence-corrected chi connectivity index (χ4v) is 1.76. The van der Waals surface area contributed by atoms with Crippen LogP contribution in [0.4, 0.5) is 11.4 Å². The molecule has 6 nitrogen and oxygen atoms in total. The third-order valence-electron chi connectivity index (χ3n) is 2.95. The molecule has 1 aromatic carbocycles. The molecule has 0 aliphatic heterocycles. The van der Waals surface area contributed by atoms with Crippen LogP contribution in [0.15, 0.2) is 47.8 Å². The number of oxime groups is 1. The van der Waals surface area contributed by atoms with Gasteiger partial charge >= 0.3 is 0 Å². The van der Waals surface area contributed by atoms with E-state index in [4.69, 9.17) is 15.7 Å². The Morgan fingerprint density at radius 3 is 2.70 bits per heavy atom. The number of nitrogens with zero attached hydrogens (tertiary/aromatic N) is 3. The van der Waals surface area contributed by atoms with Crippen LogP contribution in [0.25, 0.3) is 0 Å². The van der Waals surface area contributed by atoms with Crippen molar-refractivity contribution in [3.05, 3.63) is 48.3 Å². The van der Waals surface area contributed by atoms with Crippen LogP contribution >= 0.6 is 0 Å². The topological polar surface area (TPSA) is 84.0 Å². The highest BCUT2D eigenvalue weighted by molar-refractivity contribution is 5.95. The summed E-state index contributed by atoms with van der Waals surface area (Å²) < 4.78 is 5.20. The third kappa shape index (κ3) is 2.80. The SMILES string of the molecule is COc1cccc(N(C)c2ccc(/C(N)=N/O)nc2)c1. The molecule has 0 radical (unpaired) electrons. The summed E-state index contributed by atoms with van der Waals surface area (Å²) in [5, 5.41) is 11.5. The van der Waals surface area contributed by atoms with Crippen LogP contribution in [-0.4, -0.2) is 30.2 Å². The Bertz CT molecular complexity index is 611. The Labute approximate surface area is 117 Å². The molecule has 0 unspecified atom stereocenters. The zero-order valence-electron chi connectivity index (χ0n) is 11.3. The summed E-state index contributed by atoms with van der Waals surface area (Å²) >= 11 is 0. The minimum absolute atomic E-state index is 0.0133. The largest absolute Gasteiger partial charge is 0.497 e. The monoisotopic (exact) mass is 272 g/mol. The molecule has 104 valence electrons. The van der Waals surface area contributed by atoms with Gasteiger partial charge in [-0.3, -0.25) is 4.98 Å². The highest BCUT2D eigenvalue weighted by Gasteiger charge is 2.07. The number of aromatic nitrogens is 1. The Hall–Kier alpha value is -2.76. The van der Waals surface area contributed by atoms with Crippen LogP contribution in [-0.2, 0) is 0 Å². The predicted molar refractivity (Wildman–Crippen MR) is 77.8 cm³/mol. The minimum atomic E-state index is -0.0133. The van der Waals surface area contributed by atoms with E-state index in [-0.39, 0.29) is 5.84 Å². The number of hydrogen-bond donors (Lipinski definition) is 2. The van der Waals surface area contributed by atoms with Crippen molar-refractivity contribution < 1.29 is 9.94 Å². The molecule has 6 heteroatoms. The maximum atomic E-state index is 8.60. The lowest BCUT2D eigenvalue weighted by Gasteiger charge is -2.19. The van der Waals surface area contributed by atoms with Gasteiger partial charge in [0.05, 0.1) is 19.0 Å². The van der Waals surface area contributed by atoms with Crippen LogP contribution in [0.5, 0.6) is 5.75 Å². The summed E-state index contributed by atoms with van der Waals surface area (Å²) in [5.74, 6) is 0.774. The second-order valence-electron chi connectivity index (χ2n) is 4.15. The summed E-state index contributed by atoms with van der Waals surface area (Å²) in [6.07, 6.45) is 1.66. The lowest BCUT2D eigenvalue weighted by molar-refractivity contribution is 0.318. The number of rotatable bonds is 4. The number of pyridine rings is 1. The van der Waals surface area contributed by atoms with E-state index < -0.39 is 0 Å². The molecule has 0 bridgehead atoms. The minimum Gasteiger partial charge on any atom is -0.497 e. The molecule has 3 N–H and O–H groups in total. The van der Waals surface area contributed by atoms with Gasteiger partial charge in [-0.2, -0.15) is 0 Å². The Balaban J connectivity index is 2.26.